The van der Waals surface area contributed by atoms with Gasteiger partial charge in [-0.15, -0.1) is 0 Å². The molecule has 0 saturated carbocycles. The highest BCUT2D eigenvalue weighted by Gasteiger charge is 2.11. The molecule has 0 aromatic rings. The van der Waals surface area contributed by atoms with Gasteiger partial charge in [0, 0.05) is 6.92 Å². The molecular formula is C7H13O2. The van der Waals surface area contributed by atoms with E-state index in [0.717, 1.165) is 0 Å². The minimum Gasteiger partial charge on any atom is -0.465 e. The minimum absolute atomic E-state index is 0.161. The van der Waals surface area contributed by atoms with E-state index in [4.69, 9.17) is 4.74 Å². The molecule has 0 aliphatic rings. The lowest BCUT2D eigenvalue weighted by Gasteiger charge is -2.16. The third kappa shape index (κ3) is 7.47. The van der Waals surface area contributed by atoms with Gasteiger partial charge in [-0.3, -0.25) is 4.79 Å². The van der Waals surface area contributed by atoms with Crippen molar-refractivity contribution in [2.24, 2.45) is 5.41 Å². The lowest BCUT2D eigenvalue weighted by atomic mass is 9.99. The van der Waals surface area contributed by atoms with Crippen molar-refractivity contribution in [3.8, 4) is 0 Å². The topological polar surface area (TPSA) is 26.3 Å². The van der Waals surface area contributed by atoms with Crippen LogP contribution in [-0.2, 0) is 9.53 Å². The Morgan fingerprint density at radius 1 is 1.67 bits per heavy atom. The van der Waals surface area contributed by atoms with Crippen LogP contribution in [0.25, 0.3) is 0 Å². The first-order valence-corrected chi connectivity index (χ1v) is 2.90. The summed E-state index contributed by atoms with van der Waals surface area (Å²) in [5.74, 6) is -0.244. The number of ether oxygens (including phenoxy) is 1. The average Bonchev–Trinajstić information content (AvgIpc) is 1.59. The molecular weight excluding hydrogens is 116 g/mol. The van der Waals surface area contributed by atoms with E-state index in [-0.39, 0.29) is 11.4 Å². The van der Waals surface area contributed by atoms with Crippen LogP contribution >= 0.6 is 0 Å². The molecule has 1 radical (unpaired) electrons. The predicted molar refractivity (Wildman–Crippen MR) is 35.8 cm³/mol. The quantitative estimate of drug-likeness (QED) is 0.527. The van der Waals surface area contributed by atoms with Gasteiger partial charge in [0.25, 0.3) is 0 Å². The largest absolute Gasteiger partial charge is 0.465 e. The molecule has 0 rings (SSSR count). The Morgan fingerprint density at radius 2 is 2.11 bits per heavy atom. The molecule has 2 heteroatoms. The fourth-order valence-corrected chi connectivity index (χ4v) is 0.297. The van der Waals surface area contributed by atoms with Crippen molar-refractivity contribution < 1.29 is 9.53 Å². The van der Waals surface area contributed by atoms with Gasteiger partial charge in [-0.1, -0.05) is 13.8 Å². The van der Waals surface area contributed by atoms with Crippen molar-refractivity contribution in [3.05, 3.63) is 6.92 Å². The van der Waals surface area contributed by atoms with E-state index in [0.29, 0.717) is 6.61 Å². The molecule has 0 aromatic heterocycles. The van der Waals surface area contributed by atoms with Crippen molar-refractivity contribution in [1.82, 2.24) is 0 Å². The Labute approximate surface area is 56.2 Å². The molecule has 0 fully saturated rings. The van der Waals surface area contributed by atoms with Crippen LogP contribution in [-0.4, -0.2) is 12.6 Å². The Hall–Kier alpha value is -0.530. The first kappa shape index (κ1) is 8.47. The van der Waals surface area contributed by atoms with Crippen molar-refractivity contribution in [2.45, 2.75) is 20.8 Å². The van der Waals surface area contributed by atoms with Gasteiger partial charge in [0.15, 0.2) is 0 Å². The van der Waals surface area contributed by atoms with Gasteiger partial charge >= 0.3 is 5.97 Å². The molecule has 0 aliphatic carbocycles. The molecule has 0 unspecified atom stereocenters. The van der Waals surface area contributed by atoms with Gasteiger partial charge in [0.2, 0.25) is 0 Å². The Kier molecular flexibility index (Phi) is 2.68. The molecule has 0 atom stereocenters. The van der Waals surface area contributed by atoms with Gasteiger partial charge in [-0.05, 0) is 12.3 Å². The van der Waals surface area contributed by atoms with Gasteiger partial charge in [0.05, 0.1) is 6.61 Å². The maximum atomic E-state index is 10.2. The van der Waals surface area contributed by atoms with Gasteiger partial charge in [-0.2, -0.15) is 0 Å². The minimum atomic E-state index is -0.244. The zero-order chi connectivity index (χ0) is 7.49. The van der Waals surface area contributed by atoms with Gasteiger partial charge < -0.3 is 4.74 Å². The maximum absolute atomic E-state index is 10.2. The summed E-state index contributed by atoms with van der Waals surface area (Å²) < 4.78 is 4.70. The number of esters is 1. The second-order valence-electron chi connectivity index (χ2n) is 2.94. The summed E-state index contributed by atoms with van der Waals surface area (Å²) >= 11 is 0. The van der Waals surface area contributed by atoms with Crippen LogP contribution in [0.5, 0.6) is 0 Å². The first-order valence-electron chi connectivity index (χ1n) is 2.90. The molecule has 0 spiro atoms. The molecule has 0 saturated heterocycles. The summed E-state index contributed by atoms with van der Waals surface area (Å²) in [5, 5.41) is 0. The molecule has 53 valence electrons. The molecule has 0 aliphatic heterocycles. The number of rotatable bonds is 2. The predicted octanol–water partition coefficient (Wildman–Crippen LogP) is 1.41. The Bertz CT molecular complexity index is 100.0. The summed E-state index contributed by atoms with van der Waals surface area (Å²) in [5.41, 5.74) is -0.161. The number of hydrogen-bond acceptors (Lipinski definition) is 2. The average molecular weight is 129 g/mol. The van der Waals surface area contributed by atoms with E-state index < -0.39 is 0 Å². The monoisotopic (exact) mass is 129 g/mol. The number of carbonyl (C=O) groups is 1. The van der Waals surface area contributed by atoms with Gasteiger partial charge in [0.1, 0.15) is 0 Å². The molecule has 0 aromatic carbocycles. The van der Waals surface area contributed by atoms with E-state index in [1.165, 1.54) is 6.92 Å². The van der Waals surface area contributed by atoms with E-state index in [2.05, 4.69) is 6.92 Å². The highest BCUT2D eigenvalue weighted by atomic mass is 16.5. The van der Waals surface area contributed by atoms with Crippen molar-refractivity contribution in [1.29, 1.82) is 0 Å². The normalized spacial score (nSPS) is 11.1. The van der Waals surface area contributed by atoms with E-state index in [1.807, 2.05) is 13.8 Å². The number of carbonyl (C=O) groups excluding carboxylic acids is 1. The SMILES string of the molecule is [CH2]C(C)(C)COC(C)=O. The van der Waals surface area contributed by atoms with Gasteiger partial charge in [-0.25, -0.2) is 0 Å². The lowest BCUT2D eigenvalue weighted by Crippen LogP contribution is -2.16. The molecule has 2 nitrogen and oxygen atoms in total. The summed E-state index contributed by atoms with van der Waals surface area (Å²) in [4.78, 5) is 10.2. The van der Waals surface area contributed by atoms with Crippen LogP contribution in [0.15, 0.2) is 0 Å². The van der Waals surface area contributed by atoms with Crippen LogP contribution in [0.1, 0.15) is 20.8 Å². The highest BCUT2D eigenvalue weighted by molar-refractivity contribution is 5.65. The Balaban J connectivity index is 3.39. The molecule has 9 heavy (non-hydrogen) atoms. The second kappa shape index (κ2) is 2.85. The Morgan fingerprint density at radius 3 is 2.22 bits per heavy atom. The van der Waals surface area contributed by atoms with Crippen LogP contribution in [0.2, 0.25) is 0 Å². The zero-order valence-electron chi connectivity index (χ0n) is 6.23. The highest BCUT2D eigenvalue weighted by Crippen LogP contribution is 2.11. The summed E-state index contributed by atoms with van der Waals surface area (Å²) in [6.45, 7) is 9.38. The maximum Gasteiger partial charge on any atom is 0.302 e. The molecule has 0 N–H and O–H groups in total. The summed E-state index contributed by atoms with van der Waals surface area (Å²) in [6.07, 6.45) is 0. The van der Waals surface area contributed by atoms with E-state index in [9.17, 15) is 4.79 Å². The van der Waals surface area contributed by atoms with Crippen molar-refractivity contribution in [3.63, 3.8) is 0 Å². The van der Waals surface area contributed by atoms with Crippen LogP contribution in [0.3, 0.4) is 0 Å². The molecule has 0 bridgehead atoms. The second-order valence-corrected chi connectivity index (χ2v) is 2.94. The fourth-order valence-electron chi connectivity index (χ4n) is 0.297. The first-order chi connectivity index (χ1) is 3.92. The molecule has 0 amide bonds. The smallest absolute Gasteiger partial charge is 0.302 e. The molecule has 0 heterocycles. The van der Waals surface area contributed by atoms with Crippen LogP contribution in [0.4, 0.5) is 0 Å². The number of hydrogen-bond donors (Lipinski definition) is 0. The van der Waals surface area contributed by atoms with Crippen LogP contribution < -0.4 is 0 Å². The van der Waals surface area contributed by atoms with E-state index >= 15 is 0 Å². The zero-order valence-corrected chi connectivity index (χ0v) is 6.23. The lowest BCUT2D eigenvalue weighted by molar-refractivity contribution is -0.143. The summed E-state index contributed by atoms with van der Waals surface area (Å²) in [6, 6.07) is 0. The van der Waals surface area contributed by atoms with Crippen LogP contribution in [0, 0.1) is 12.3 Å². The third-order valence-corrected chi connectivity index (χ3v) is 0.666. The van der Waals surface area contributed by atoms with Crippen molar-refractivity contribution in [2.75, 3.05) is 6.61 Å². The standard InChI is InChI=1S/C7H13O2/c1-6(8)9-5-7(2,3)4/h2,5H2,1,3-4H3. The third-order valence-electron chi connectivity index (χ3n) is 0.666. The fraction of sp³-hybridized carbons (Fsp3) is 0.714. The summed E-state index contributed by atoms with van der Waals surface area (Å²) in [7, 11) is 0. The van der Waals surface area contributed by atoms with Crippen molar-refractivity contribution >= 4 is 5.97 Å². The van der Waals surface area contributed by atoms with E-state index in [1.54, 1.807) is 0 Å².